The van der Waals surface area contributed by atoms with Gasteiger partial charge in [-0.2, -0.15) is 5.10 Å². The van der Waals surface area contributed by atoms with Gasteiger partial charge in [-0.15, -0.1) is 0 Å². The Morgan fingerprint density at radius 1 is 1.35 bits per heavy atom. The highest BCUT2D eigenvalue weighted by molar-refractivity contribution is 5.84. The summed E-state index contributed by atoms with van der Waals surface area (Å²) in [5, 5.41) is 14.5. The third-order valence-corrected chi connectivity index (χ3v) is 4.13. The Morgan fingerprint density at radius 2 is 2.04 bits per heavy atom. The molecule has 23 heavy (non-hydrogen) atoms. The minimum absolute atomic E-state index is 0.00890. The van der Waals surface area contributed by atoms with E-state index in [0.29, 0.717) is 25.2 Å². The van der Waals surface area contributed by atoms with Crippen molar-refractivity contribution in [3.05, 3.63) is 39.9 Å². The third-order valence-electron chi connectivity index (χ3n) is 4.13. The van der Waals surface area contributed by atoms with Gasteiger partial charge in [0.15, 0.2) is 5.79 Å². The summed E-state index contributed by atoms with van der Waals surface area (Å²) >= 11 is 0. The van der Waals surface area contributed by atoms with Crippen molar-refractivity contribution in [1.82, 2.24) is 5.43 Å². The Hall–Kier alpha value is -2.32. The topological polar surface area (TPSA) is 103 Å². The summed E-state index contributed by atoms with van der Waals surface area (Å²) in [4.78, 5) is 22.4. The first-order valence-electron chi connectivity index (χ1n) is 7.46. The van der Waals surface area contributed by atoms with Crippen molar-refractivity contribution >= 4 is 17.8 Å². The van der Waals surface area contributed by atoms with Crippen LogP contribution < -0.4 is 5.43 Å². The summed E-state index contributed by atoms with van der Waals surface area (Å²) in [6, 6.07) is 5.90. The second-order valence-electron chi connectivity index (χ2n) is 5.54. The number of nitrogens with zero attached hydrogens (tertiary/aromatic N) is 2. The SMILES string of the molecule is O=C(N/N=C\c1ccc([N+](=O)[O-])cc1)[C@H]1CCCC12OCCO2. The molecule has 1 heterocycles. The van der Waals surface area contributed by atoms with Gasteiger partial charge >= 0.3 is 0 Å². The number of nitro groups is 1. The maximum Gasteiger partial charge on any atom is 0.269 e. The van der Waals surface area contributed by atoms with Gasteiger partial charge < -0.3 is 9.47 Å². The number of ether oxygens (including phenoxy) is 2. The number of carbonyl (C=O) groups excluding carboxylic acids is 1. The van der Waals surface area contributed by atoms with Gasteiger partial charge in [0, 0.05) is 18.6 Å². The van der Waals surface area contributed by atoms with Gasteiger partial charge in [0.2, 0.25) is 5.91 Å². The molecule has 0 aromatic heterocycles. The second kappa shape index (κ2) is 6.43. The van der Waals surface area contributed by atoms with Crippen LogP contribution in [0, 0.1) is 16.0 Å². The molecule has 1 aromatic rings. The van der Waals surface area contributed by atoms with Gasteiger partial charge in [-0.05, 0) is 30.5 Å². The number of carbonyl (C=O) groups is 1. The summed E-state index contributed by atoms with van der Waals surface area (Å²) in [5.41, 5.74) is 3.16. The molecule has 0 radical (unpaired) electrons. The van der Waals surface area contributed by atoms with Gasteiger partial charge in [0.05, 0.1) is 30.3 Å². The Bertz CT molecular complexity index is 617. The minimum atomic E-state index is -0.785. The zero-order valence-electron chi connectivity index (χ0n) is 12.4. The Morgan fingerprint density at radius 3 is 2.70 bits per heavy atom. The number of non-ortho nitro benzene ring substituents is 1. The quantitative estimate of drug-likeness (QED) is 0.515. The zero-order valence-corrected chi connectivity index (χ0v) is 12.4. The van der Waals surface area contributed by atoms with Crippen LogP contribution in [0.5, 0.6) is 0 Å². The van der Waals surface area contributed by atoms with E-state index >= 15 is 0 Å². The molecule has 1 aromatic carbocycles. The van der Waals surface area contributed by atoms with E-state index in [1.165, 1.54) is 18.3 Å². The molecule has 2 fully saturated rings. The molecule has 1 amide bonds. The van der Waals surface area contributed by atoms with E-state index in [-0.39, 0.29) is 17.5 Å². The van der Waals surface area contributed by atoms with Crippen molar-refractivity contribution in [2.45, 2.75) is 25.0 Å². The first-order chi connectivity index (χ1) is 11.1. The normalized spacial score (nSPS) is 22.7. The van der Waals surface area contributed by atoms with E-state index in [0.717, 1.165) is 12.8 Å². The Kier molecular flexibility index (Phi) is 4.35. The molecule has 1 atom stereocenters. The average Bonchev–Trinajstić information content (AvgIpc) is 3.18. The number of rotatable bonds is 4. The van der Waals surface area contributed by atoms with Crippen LogP contribution in [0.1, 0.15) is 24.8 Å². The lowest BCUT2D eigenvalue weighted by Gasteiger charge is -2.27. The molecule has 1 aliphatic carbocycles. The number of hydrogen-bond acceptors (Lipinski definition) is 6. The highest BCUT2D eigenvalue weighted by Crippen LogP contribution is 2.42. The molecule has 0 bridgehead atoms. The molecule has 1 saturated carbocycles. The number of benzene rings is 1. The van der Waals surface area contributed by atoms with E-state index in [4.69, 9.17) is 9.47 Å². The smallest absolute Gasteiger partial charge is 0.269 e. The van der Waals surface area contributed by atoms with Gasteiger partial charge in [-0.1, -0.05) is 0 Å². The van der Waals surface area contributed by atoms with E-state index < -0.39 is 10.7 Å². The van der Waals surface area contributed by atoms with Crippen LogP contribution in [0.25, 0.3) is 0 Å². The van der Waals surface area contributed by atoms with Crippen LogP contribution in [0.15, 0.2) is 29.4 Å². The van der Waals surface area contributed by atoms with Crippen LogP contribution in [0.3, 0.4) is 0 Å². The highest BCUT2D eigenvalue weighted by atomic mass is 16.7. The van der Waals surface area contributed by atoms with Crippen molar-refractivity contribution in [2.24, 2.45) is 11.0 Å². The highest BCUT2D eigenvalue weighted by Gasteiger charge is 2.51. The lowest BCUT2D eigenvalue weighted by molar-refractivity contribution is -0.384. The monoisotopic (exact) mass is 319 g/mol. The molecule has 2 aliphatic rings. The molecule has 1 aliphatic heterocycles. The van der Waals surface area contributed by atoms with E-state index in [2.05, 4.69) is 10.5 Å². The van der Waals surface area contributed by atoms with Gasteiger partial charge in [0.1, 0.15) is 0 Å². The minimum Gasteiger partial charge on any atom is -0.347 e. The van der Waals surface area contributed by atoms with Crippen molar-refractivity contribution in [2.75, 3.05) is 13.2 Å². The number of nitro benzene ring substituents is 1. The average molecular weight is 319 g/mol. The van der Waals surface area contributed by atoms with Crippen LogP contribution in [0.2, 0.25) is 0 Å². The van der Waals surface area contributed by atoms with Crippen LogP contribution in [-0.4, -0.2) is 36.0 Å². The third kappa shape index (κ3) is 3.22. The molecule has 1 saturated heterocycles. The van der Waals surface area contributed by atoms with Crippen molar-refractivity contribution in [3.63, 3.8) is 0 Å². The molecule has 1 spiro atoms. The fraction of sp³-hybridized carbons (Fsp3) is 0.467. The predicted molar refractivity (Wildman–Crippen MR) is 80.8 cm³/mol. The molecular formula is C15H17N3O5. The molecule has 3 rings (SSSR count). The number of nitrogens with one attached hydrogen (secondary N) is 1. The zero-order chi connectivity index (χ0) is 16.3. The van der Waals surface area contributed by atoms with Crippen LogP contribution in [0.4, 0.5) is 5.69 Å². The fourth-order valence-electron chi connectivity index (χ4n) is 3.02. The van der Waals surface area contributed by atoms with E-state index in [1.54, 1.807) is 12.1 Å². The summed E-state index contributed by atoms with van der Waals surface area (Å²) in [5.74, 6) is -1.38. The molecular weight excluding hydrogens is 302 g/mol. The lowest BCUT2D eigenvalue weighted by atomic mass is 10.0. The number of hydrazone groups is 1. The van der Waals surface area contributed by atoms with Crippen LogP contribution in [-0.2, 0) is 14.3 Å². The van der Waals surface area contributed by atoms with Crippen molar-refractivity contribution in [3.8, 4) is 0 Å². The lowest BCUT2D eigenvalue weighted by Crippen LogP contribution is -2.43. The Labute approximate surface area is 132 Å². The van der Waals surface area contributed by atoms with E-state index in [9.17, 15) is 14.9 Å². The standard InChI is InChI=1S/C15H17N3O5/c19-14(13-2-1-7-15(13)22-8-9-23-15)17-16-10-11-3-5-12(6-4-11)18(20)21/h3-6,10,13H,1-2,7-9H2,(H,17,19)/b16-10-/t13-/m1/s1. The largest absolute Gasteiger partial charge is 0.347 e. The van der Waals surface area contributed by atoms with Crippen molar-refractivity contribution in [1.29, 1.82) is 0 Å². The van der Waals surface area contributed by atoms with Crippen molar-refractivity contribution < 1.29 is 19.2 Å². The molecule has 1 N–H and O–H groups in total. The Balaban J connectivity index is 1.59. The van der Waals surface area contributed by atoms with Gasteiger partial charge in [-0.25, -0.2) is 5.43 Å². The summed E-state index contributed by atoms with van der Waals surface area (Å²) in [6.07, 6.45) is 3.75. The van der Waals surface area contributed by atoms with Crippen LogP contribution >= 0.6 is 0 Å². The second-order valence-corrected chi connectivity index (χ2v) is 5.54. The molecule has 8 heteroatoms. The summed E-state index contributed by atoms with van der Waals surface area (Å²) in [7, 11) is 0. The molecule has 0 unspecified atom stereocenters. The van der Waals surface area contributed by atoms with Gasteiger partial charge in [0.25, 0.3) is 5.69 Å². The number of hydrogen-bond donors (Lipinski definition) is 1. The first-order valence-corrected chi connectivity index (χ1v) is 7.46. The maximum atomic E-state index is 12.3. The van der Waals surface area contributed by atoms with E-state index in [1.807, 2.05) is 0 Å². The first kappa shape index (κ1) is 15.6. The number of amides is 1. The fourth-order valence-corrected chi connectivity index (χ4v) is 3.02. The predicted octanol–water partition coefficient (Wildman–Crippen LogP) is 1.59. The summed E-state index contributed by atoms with van der Waals surface area (Å²) in [6.45, 7) is 1.02. The maximum absolute atomic E-state index is 12.3. The summed E-state index contributed by atoms with van der Waals surface area (Å²) < 4.78 is 11.3. The van der Waals surface area contributed by atoms with Gasteiger partial charge in [-0.3, -0.25) is 14.9 Å². The molecule has 8 nitrogen and oxygen atoms in total. The molecule has 122 valence electrons.